The molecule has 1 aromatic rings. The largest absolute Gasteiger partial charge is 0.323 e. The van der Waals surface area contributed by atoms with Crippen molar-refractivity contribution in [2.24, 2.45) is 5.73 Å². The normalized spacial score (nSPS) is 22.1. The zero-order valence-electron chi connectivity index (χ0n) is 6.12. The Morgan fingerprint density at radius 1 is 1.64 bits per heavy atom. The van der Waals surface area contributed by atoms with Crippen molar-refractivity contribution >= 4 is 23.7 Å². The van der Waals surface area contributed by atoms with E-state index in [1.807, 2.05) is 5.51 Å². The molecule has 0 radical (unpaired) electrons. The molecule has 2 N–H and O–H groups in total. The number of aryl methyl sites for hydroxylation is 1. The third kappa shape index (κ3) is 1.55. The summed E-state index contributed by atoms with van der Waals surface area (Å²) in [5.41, 5.74) is 8.88. The molecule has 2 nitrogen and oxygen atoms in total. The third-order valence-corrected chi connectivity index (χ3v) is 2.85. The van der Waals surface area contributed by atoms with E-state index in [9.17, 15) is 0 Å². The molecule has 11 heavy (non-hydrogen) atoms. The molecule has 0 amide bonds. The summed E-state index contributed by atoms with van der Waals surface area (Å²) in [6, 6.07) is 0.218. The number of hydrogen-bond donors (Lipinski definition) is 1. The smallest absolute Gasteiger partial charge is 0.0798 e. The van der Waals surface area contributed by atoms with Crippen molar-refractivity contribution in [3.8, 4) is 0 Å². The number of halogens is 1. The average Bonchev–Trinajstić information content (AvgIpc) is 2.36. The van der Waals surface area contributed by atoms with Crippen molar-refractivity contribution in [3.05, 3.63) is 16.1 Å². The van der Waals surface area contributed by atoms with Crippen molar-refractivity contribution in [3.63, 3.8) is 0 Å². The molecule has 1 atom stereocenters. The summed E-state index contributed by atoms with van der Waals surface area (Å²) >= 11 is 1.74. The fourth-order valence-corrected chi connectivity index (χ4v) is 2.27. The monoisotopic (exact) mass is 190 g/mol. The third-order valence-electron chi connectivity index (χ3n) is 1.94. The molecule has 0 spiro atoms. The molecule has 0 bridgehead atoms. The fraction of sp³-hybridized carbons (Fsp3) is 0.571. The van der Waals surface area contributed by atoms with E-state index in [4.69, 9.17) is 5.73 Å². The first-order valence-corrected chi connectivity index (χ1v) is 4.44. The van der Waals surface area contributed by atoms with E-state index in [0.29, 0.717) is 0 Å². The van der Waals surface area contributed by atoms with Gasteiger partial charge in [0.05, 0.1) is 11.2 Å². The maximum absolute atomic E-state index is 5.83. The Kier molecular flexibility index (Phi) is 2.87. The summed E-state index contributed by atoms with van der Waals surface area (Å²) in [6.45, 7) is 0. The van der Waals surface area contributed by atoms with E-state index in [-0.39, 0.29) is 18.4 Å². The Morgan fingerprint density at radius 2 is 2.45 bits per heavy atom. The van der Waals surface area contributed by atoms with Gasteiger partial charge in [-0.15, -0.1) is 23.7 Å². The molecule has 1 aliphatic rings. The minimum atomic E-state index is 0. The topological polar surface area (TPSA) is 38.9 Å². The van der Waals surface area contributed by atoms with E-state index < -0.39 is 0 Å². The number of hydrogen-bond acceptors (Lipinski definition) is 3. The molecule has 0 saturated heterocycles. The molecule has 1 heterocycles. The van der Waals surface area contributed by atoms with Crippen molar-refractivity contribution in [2.45, 2.75) is 25.3 Å². The molecule has 62 valence electrons. The fourth-order valence-electron chi connectivity index (χ4n) is 1.39. The maximum Gasteiger partial charge on any atom is 0.0798 e. The van der Waals surface area contributed by atoms with Crippen LogP contribution in [0.4, 0.5) is 0 Å². The van der Waals surface area contributed by atoms with Crippen LogP contribution in [0.3, 0.4) is 0 Å². The molecular formula is C7H11ClN2S. The van der Waals surface area contributed by atoms with Gasteiger partial charge >= 0.3 is 0 Å². The predicted molar refractivity (Wildman–Crippen MR) is 49.2 cm³/mol. The second kappa shape index (κ2) is 3.52. The predicted octanol–water partition coefficient (Wildman–Crippen LogP) is 1.90. The van der Waals surface area contributed by atoms with E-state index in [0.717, 1.165) is 12.1 Å². The zero-order valence-corrected chi connectivity index (χ0v) is 7.75. The highest BCUT2D eigenvalue weighted by molar-refractivity contribution is 7.09. The molecule has 2 rings (SSSR count). The summed E-state index contributed by atoms with van der Waals surface area (Å²) in [4.78, 5) is 5.63. The van der Waals surface area contributed by atoms with Gasteiger partial charge in [0, 0.05) is 10.9 Å². The second-order valence-electron chi connectivity index (χ2n) is 2.66. The van der Waals surface area contributed by atoms with Crippen LogP contribution in [0, 0.1) is 0 Å². The van der Waals surface area contributed by atoms with E-state index in [1.165, 1.54) is 17.7 Å². The highest BCUT2D eigenvalue weighted by Gasteiger charge is 2.18. The standard InChI is InChI=1S/C7H10N2S.ClH/c8-5-2-1-3-6-7(5)9-4-10-6;/h4-5H,1-3,8H2;1H. The van der Waals surface area contributed by atoms with E-state index in [1.54, 1.807) is 11.3 Å². The Morgan fingerprint density at radius 3 is 3.18 bits per heavy atom. The first kappa shape index (κ1) is 8.97. The van der Waals surface area contributed by atoms with Crippen molar-refractivity contribution in [1.29, 1.82) is 0 Å². The highest BCUT2D eigenvalue weighted by atomic mass is 35.5. The number of nitrogens with zero attached hydrogens (tertiary/aromatic N) is 1. The number of nitrogens with two attached hydrogens (primary N) is 1. The maximum atomic E-state index is 5.83. The Labute approximate surface area is 76.2 Å². The molecule has 0 fully saturated rings. The van der Waals surface area contributed by atoms with Gasteiger partial charge in [-0.05, 0) is 19.3 Å². The number of aromatic nitrogens is 1. The lowest BCUT2D eigenvalue weighted by Crippen LogP contribution is -2.16. The van der Waals surface area contributed by atoms with Crippen molar-refractivity contribution < 1.29 is 0 Å². The summed E-state index contributed by atoms with van der Waals surface area (Å²) in [6.07, 6.45) is 3.53. The van der Waals surface area contributed by atoms with Crippen LogP contribution in [0.5, 0.6) is 0 Å². The molecule has 0 aromatic carbocycles. The first-order valence-electron chi connectivity index (χ1n) is 3.56. The lowest BCUT2D eigenvalue weighted by atomic mass is 9.99. The Hall–Kier alpha value is -0.120. The lowest BCUT2D eigenvalue weighted by molar-refractivity contribution is 0.564. The molecule has 0 saturated carbocycles. The Bertz CT molecular complexity index is 236. The SMILES string of the molecule is Cl.NC1CCCc2scnc21. The minimum Gasteiger partial charge on any atom is -0.323 e. The van der Waals surface area contributed by atoms with Crippen molar-refractivity contribution in [2.75, 3.05) is 0 Å². The van der Waals surface area contributed by atoms with Gasteiger partial charge in [0.15, 0.2) is 0 Å². The summed E-state index contributed by atoms with van der Waals surface area (Å²) < 4.78 is 0. The van der Waals surface area contributed by atoms with Crippen LogP contribution < -0.4 is 5.73 Å². The molecular weight excluding hydrogens is 180 g/mol. The average molecular weight is 191 g/mol. The van der Waals surface area contributed by atoms with Crippen LogP contribution in [-0.4, -0.2) is 4.98 Å². The second-order valence-corrected chi connectivity index (χ2v) is 3.60. The quantitative estimate of drug-likeness (QED) is 0.679. The van der Waals surface area contributed by atoms with Gasteiger partial charge in [-0.1, -0.05) is 0 Å². The summed E-state index contributed by atoms with van der Waals surface area (Å²) in [7, 11) is 0. The van der Waals surface area contributed by atoms with Crippen LogP contribution in [0.1, 0.15) is 29.5 Å². The minimum absolute atomic E-state index is 0. The van der Waals surface area contributed by atoms with Gasteiger partial charge < -0.3 is 5.73 Å². The van der Waals surface area contributed by atoms with Crippen LogP contribution in [-0.2, 0) is 6.42 Å². The highest BCUT2D eigenvalue weighted by Crippen LogP contribution is 2.28. The first-order chi connectivity index (χ1) is 4.88. The molecule has 1 aromatic heterocycles. The van der Waals surface area contributed by atoms with Crippen LogP contribution >= 0.6 is 23.7 Å². The molecule has 0 aliphatic heterocycles. The van der Waals surface area contributed by atoms with Gasteiger partial charge in [-0.25, -0.2) is 4.98 Å². The van der Waals surface area contributed by atoms with Gasteiger partial charge in [-0.2, -0.15) is 0 Å². The van der Waals surface area contributed by atoms with Gasteiger partial charge in [0.25, 0.3) is 0 Å². The van der Waals surface area contributed by atoms with Gasteiger partial charge in [-0.3, -0.25) is 0 Å². The lowest BCUT2D eigenvalue weighted by Gasteiger charge is -2.15. The van der Waals surface area contributed by atoms with Crippen molar-refractivity contribution in [1.82, 2.24) is 4.98 Å². The number of thiazole rings is 1. The van der Waals surface area contributed by atoms with Gasteiger partial charge in [0.1, 0.15) is 0 Å². The van der Waals surface area contributed by atoms with E-state index in [2.05, 4.69) is 4.98 Å². The number of fused-ring (bicyclic) bond motifs is 1. The Balaban J connectivity index is 0.000000605. The van der Waals surface area contributed by atoms with Gasteiger partial charge in [0.2, 0.25) is 0 Å². The summed E-state index contributed by atoms with van der Waals surface area (Å²) in [5, 5.41) is 0. The summed E-state index contributed by atoms with van der Waals surface area (Å²) in [5.74, 6) is 0. The van der Waals surface area contributed by atoms with E-state index >= 15 is 0 Å². The van der Waals surface area contributed by atoms with Crippen LogP contribution in [0.25, 0.3) is 0 Å². The van der Waals surface area contributed by atoms with Crippen LogP contribution in [0.15, 0.2) is 5.51 Å². The molecule has 1 aliphatic carbocycles. The number of rotatable bonds is 0. The molecule has 1 unspecified atom stereocenters. The van der Waals surface area contributed by atoms with Crippen LogP contribution in [0.2, 0.25) is 0 Å². The zero-order chi connectivity index (χ0) is 6.97. The molecule has 4 heteroatoms.